The molecule has 1 aliphatic heterocycles. The molecule has 1 fully saturated rings. The number of aryl methyl sites for hydroxylation is 1. The molecule has 0 amide bonds. The van der Waals surface area contributed by atoms with Gasteiger partial charge in [0.2, 0.25) is 10.0 Å². The van der Waals surface area contributed by atoms with Crippen molar-refractivity contribution in [1.82, 2.24) is 19.2 Å². The summed E-state index contributed by atoms with van der Waals surface area (Å²) in [7, 11) is -3.82. The Bertz CT molecular complexity index is 1240. The summed E-state index contributed by atoms with van der Waals surface area (Å²) in [5.41, 5.74) is 2.67. The van der Waals surface area contributed by atoms with E-state index in [9.17, 15) is 21.6 Å². The van der Waals surface area contributed by atoms with Crippen LogP contribution in [0.15, 0.2) is 53.6 Å². The summed E-state index contributed by atoms with van der Waals surface area (Å²) in [6.45, 7) is 5.51. The van der Waals surface area contributed by atoms with Crippen LogP contribution in [-0.2, 0) is 10.0 Å². The highest BCUT2D eigenvalue weighted by Crippen LogP contribution is 2.27. The third kappa shape index (κ3) is 5.10. The van der Waals surface area contributed by atoms with E-state index in [1.165, 1.54) is 4.31 Å². The molecule has 1 saturated heterocycles. The molecule has 2 aromatic heterocycles. The van der Waals surface area contributed by atoms with Crippen molar-refractivity contribution in [2.75, 3.05) is 26.2 Å². The predicted molar refractivity (Wildman–Crippen MR) is 116 cm³/mol. The number of alkyl halides is 3. The van der Waals surface area contributed by atoms with E-state index < -0.39 is 22.1 Å². The van der Waals surface area contributed by atoms with Gasteiger partial charge in [-0.15, -0.1) is 13.2 Å². The predicted octanol–water partition coefficient (Wildman–Crippen LogP) is 3.90. The average Bonchev–Trinajstić information content (AvgIpc) is 2.78. The highest BCUT2D eigenvalue weighted by Gasteiger charge is 2.33. The maximum Gasteiger partial charge on any atom is 0.573 e. The van der Waals surface area contributed by atoms with Gasteiger partial charge in [0.05, 0.1) is 16.1 Å². The van der Waals surface area contributed by atoms with Gasteiger partial charge in [-0.3, -0.25) is 14.9 Å². The fourth-order valence-corrected chi connectivity index (χ4v) is 5.35. The van der Waals surface area contributed by atoms with Crippen LogP contribution in [0.25, 0.3) is 10.9 Å². The molecule has 33 heavy (non-hydrogen) atoms. The molecule has 0 N–H and O–H groups in total. The van der Waals surface area contributed by atoms with Crippen LogP contribution in [0.3, 0.4) is 0 Å². The minimum absolute atomic E-state index is 0.00785. The van der Waals surface area contributed by atoms with Gasteiger partial charge in [-0.1, -0.05) is 0 Å². The van der Waals surface area contributed by atoms with E-state index in [4.69, 9.17) is 4.98 Å². The van der Waals surface area contributed by atoms with Gasteiger partial charge in [0, 0.05) is 49.5 Å². The summed E-state index contributed by atoms with van der Waals surface area (Å²) < 4.78 is 68.0. The van der Waals surface area contributed by atoms with Gasteiger partial charge < -0.3 is 4.74 Å². The number of piperazine rings is 1. The molecule has 176 valence electrons. The van der Waals surface area contributed by atoms with Gasteiger partial charge in [0.1, 0.15) is 5.75 Å². The Labute approximate surface area is 189 Å². The monoisotopic (exact) mass is 480 g/mol. The lowest BCUT2D eigenvalue weighted by Crippen LogP contribution is -2.49. The van der Waals surface area contributed by atoms with Crippen LogP contribution in [0.4, 0.5) is 13.2 Å². The molecular formula is C22H23F3N4O3S. The lowest BCUT2D eigenvalue weighted by atomic mass is 10.1. The van der Waals surface area contributed by atoms with Gasteiger partial charge in [0.15, 0.2) is 0 Å². The van der Waals surface area contributed by atoms with Crippen molar-refractivity contribution >= 4 is 20.9 Å². The lowest BCUT2D eigenvalue weighted by molar-refractivity contribution is -0.274. The van der Waals surface area contributed by atoms with Crippen LogP contribution in [0.1, 0.15) is 24.4 Å². The van der Waals surface area contributed by atoms with E-state index in [1.807, 2.05) is 32.0 Å². The first-order chi connectivity index (χ1) is 15.5. The van der Waals surface area contributed by atoms with Crippen molar-refractivity contribution < 1.29 is 26.3 Å². The number of ether oxygens (including phenoxy) is 1. The Morgan fingerprint density at radius 1 is 1.00 bits per heavy atom. The Hall–Kier alpha value is -2.76. The number of hydrogen-bond acceptors (Lipinski definition) is 6. The third-order valence-electron chi connectivity index (χ3n) is 5.78. The number of halogens is 3. The van der Waals surface area contributed by atoms with Crippen molar-refractivity contribution in [1.29, 1.82) is 0 Å². The third-order valence-corrected chi connectivity index (χ3v) is 7.69. The molecular weight excluding hydrogens is 457 g/mol. The number of sulfonamides is 1. The molecule has 0 radical (unpaired) electrons. The van der Waals surface area contributed by atoms with Crippen LogP contribution in [-0.4, -0.2) is 60.1 Å². The fourth-order valence-electron chi connectivity index (χ4n) is 3.93. The molecule has 0 saturated carbocycles. The number of nitrogens with zero attached hydrogens (tertiary/aromatic N) is 4. The highest BCUT2D eigenvalue weighted by molar-refractivity contribution is 7.89. The molecule has 3 aromatic rings. The number of fused-ring (bicyclic) bond motifs is 1. The van der Waals surface area contributed by atoms with Gasteiger partial charge in [-0.05, 0) is 56.3 Å². The minimum atomic E-state index is -4.83. The molecule has 0 spiro atoms. The summed E-state index contributed by atoms with van der Waals surface area (Å²) >= 11 is 0. The standard InChI is InChI=1S/C22H23F3N4O3S/c1-15-19-7-8-20(27-21(19)9-10-26-15)16(2)28-11-13-29(14-12-28)33(30,31)18-5-3-17(4-6-18)32-22(23,24)25/h3-10,16H,11-14H2,1-2H3. The summed E-state index contributed by atoms with van der Waals surface area (Å²) in [6.07, 6.45) is -3.10. The van der Waals surface area contributed by atoms with Crippen molar-refractivity contribution in [3.05, 3.63) is 60.0 Å². The Balaban J connectivity index is 1.42. The molecule has 1 aliphatic rings. The van der Waals surface area contributed by atoms with Crippen molar-refractivity contribution in [3.8, 4) is 5.75 Å². The minimum Gasteiger partial charge on any atom is -0.406 e. The van der Waals surface area contributed by atoms with Gasteiger partial charge in [0.25, 0.3) is 0 Å². The van der Waals surface area contributed by atoms with E-state index in [0.717, 1.165) is 46.6 Å². The van der Waals surface area contributed by atoms with Crippen molar-refractivity contribution in [2.24, 2.45) is 0 Å². The number of aromatic nitrogens is 2. The van der Waals surface area contributed by atoms with Crippen LogP contribution in [0, 0.1) is 6.92 Å². The molecule has 3 heterocycles. The van der Waals surface area contributed by atoms with E-state index in [1.54, 1.807) is 6.20 Å². The Kier molecular flexibility index (Phi) is 6.30. The van der Waals surface area contributed by atoms with Gasteiger partial charge in [-0.25, -0.2) is 8.42 Å². The maximum atomic E-state index is 12.9. The number of pyridine rings is 2. The first-order valence-corrected chi connectivity index (χ1v) is 11.8. The molecule has 1 aromatic carbocycles. The molecule has 7 nitrogen and oxygen atoms in total. The summed E-state index contributed by atoms with van der Waals surface area (Å²) in [5.74, 6) is -0.464. The second-order valence-electron chi connectivity index (χ2n) is 7.83. The van der Waals surface area contributed by atoms with Gasteiger partial charge in [-0.2, -0.15) is 4.31 Å². The second-order valence-corrected chi connectivity index (χ2v) is 9.77. The van der Waals surface area contributed by atoms with Crippen LogP contribution in [0.2, 0.25) is 0 Å². The molecule has 4 rings (SSSR count). The van der Waals surface area contributed by atoms with E-state index in [0.29, 0.717) is 13.1 Å². The number of benzene rings is 1. The molecule has 1 atom stereocenters. The van der Waals surface area contributed by atoms with Gasteiger partial charge >= 0.3 is 6.36 Å². The van der Waals surface area contributed by atoms with E-state index in [-0.39, 0.29) is 24.0 Å². The van der Waals surface area contributed by atoms with Crippen molar-refractivity contribution in [3.63, 3.8) is 0 Å². The number of hydrogen-bond donors (Lipinski definition) is 0. The Morgan fingerprint density at radius 2 is 1.67 bits per heavy atom. The fraction of sp³-hybridized carbons (Fsp3) is 0.364. The van der Waals surface area contributed by atoms with Crippen molar-refractivity contribution in [2.45, 2.75) is 31.1 Å². The zero-order valence-corrected chi connectivity index (χ0v) is 18.9. The quantitative estimate of drug-likeness (QED) is 0.551. The summed E-state index contributed by atoms with van der Waals surface area (Å²) in [6, 6.07) is 10.1. The maximum absolute atomic E-state index is 12.9. The first-order valence-electron chi connectivity index (χ1n) is 10.4. The molecule has 11 heteroatoms. The van der Waals surface area contributed by atoms with Crippen LogP contribution in [0.5, 0.6) is 5.75 Å². The number of rotatable bonds is 5. The molecule has 0 aliphatic carbocycles. The second kappa shape index (κ2) is 8.88. The highest BCUT2D eigenvalue weighted by atomic mass is 32.2. The first kappa shape index (κ1) is 23.4. The zero-order chi connectivity index (χ0) is 23.8. The zero-order valence-electron chi connectivity index (χ0n) is 18.1. The smallest absolute Gasteiger partial charge is 0.406 e. The van der Waals surface area contributed by atoms with Crippen LogP contribution >= 0.6 is 0 Å². The average molecular weight is 481 g/mol. The molecule has 0 bridgehead atoms. The van der Waals surface area contributed by atoms with Crippen LogP contribution < -0.4 is 4.74 Å². The van der Waals surface area contributed by atoms with E-state index >= 15 is 0 Å². The van der Waals surface area contributed by atoms with E-state index in [2.05, 4.69) is 14.6 Å². The lowest BCUT2D eigenvalue weighted by Gasteiger charge is -2.37. The topological polar surface area (TPSA) is 75.6 Å². The summed E-state index contributed by atoms with van der Waals surface area (Å²) in [5, 5.41) is 0.996. The SMILES string of the molecule is Cc1nccc2nc(C(C)N3CCN(S(=O)(=O)c4ccc(OC(F)(F)F)cc4)CC3)ccc12. The largest absolute Gasteiger partial charge is 0.573 e. The molecule has 1 unspecified atom stereocenters. The summed E-state index contributed by atoms with van der Waals surface area (Å²) in [4.78, 5) is 11.1. The normalized spacial score (nSPS) is 17.2. The Morgan fingerprint density at radius 3 is 2.30 bits per heavy atom.